The average Bonchev–Trinajstić information content (AvgIpc) is 2.61. The van der Waals surface area contributed by atoms with Gasteiger partial charge >= 0.3 is 5.97 Å². The smallest absolute Gasteiger partial charge is 0.343 e. The number of hydrazone groups is 1. The largest absolute Gasteiger partial charge is 0.490 e. The van der Waals surface area contributed by atoms with Crippen molar-refractivity contribution in [2.45, 2.75) is 19.8 Å². The zero-order valence-electron chi connectivity index (χ0n) is 14.8. The summed E-state index contributed by atoms with van der Waals surface area (Å²) >= 11 is 0. The molecule has 0 atom stereocenters. The molecule has 0 bridgehead atoms. The Bertz CT molecular complexity index is 722. The zero-order chi connectivity index (χ0) is 19.4. The molecule has 0 aromatic heterocycles. The summed E-state index contributed by atoms with van der Waals surface area (Å²) in [4.78, 5) is 22.6. The van der Waals surface area contributed by atoms with Crippen molar-refractivity contribution >= 4 is 18.1 Å². The number of carbonyl (C=O) groups excluding carboxylic acids is 2. The fourth-order valence-corrected chi connectivity index (χ4v) is 1.97. The summed E-state index contributed by atoms with van der Waals surface area (Å²) in [7, 11) is 1.28. The number of amides is 1. The zero-order valence-corrected chi connectivity index (χ0v) is 14.8. The molecule has 0 fully saturated rings. The van der Waals surface area contributed by atoms with Crippen LogP contribution in [0.1, 0.15) is 24.5 Å². The predicted molar refractivity (Wildman–Crippen MR) is 95.0 cm³/mol. The van der Waals surface area contributed by atoms with Gasteiger partial charge in [-0.3, -0.25) is 4.79 Å². The Morgan fingerprint density at radius 2 is 2.15 bits per heavy atom. The number of esters is 1. The van der Waals surface area contributed by atoms with E-state index < -0.39 is 11.9 Å². The second-order valence-electron chi connectivity index (χ2n) is 4.93. The molecule has 0 aliphatic heterocycles. The van der Waals surface area contributed by atoms with E-state index in [1.54, 1.807) is 24.3 Å². The third-order valence-corrected chi connectivity index (χ3v) is 3.02. The molecule has 0 heterocycles. The minimum absolute atomic E-state index is 0.252. The number of hydrogen-bond donors (Lipinski definition) is 1. The van der Waals surface area contributed by atoms with Gasteiger partial charge in [-0.1, -0.05) is 6.08 Å². The lowest BCUT2D eigenvalue weighted by molar-refractivity contribution is -0.143. The molecule has 0 saturated carbocycles. The summed E-state index contributed by atoms with van der Waals surface area (Å²) in [5, 5.41) is 12.3. The van der Waals surface area contributed by atoms with Crippen molar-refractivity contribution in [2.75, 3.05) is 20.3 Å². The first-order chi connectivity index (χ1) is 12.5. The topological polar surface area (TPSA) is 110 Å². The summed E-state index contributed by atoms with van der Waals surface area (Å²) in [5.41, 5.74) is 3.63. The van der Waals surface area contributed by atoms with Gasteiger partial charge in [0.1, 0.15) is 6.42 Å². The molecule has 1 rings (SSSR count). The van der Waals surface area contributed by atoms with Gasteiger partial charge < -0.3 is 14.2 Å². The summed E-state index contributed by atoms with van der Waals surface area (Å²) in [5.74, 6) is -0.163. The van der Waals surface area contributed by atoms with E-state index in [1.165, 1.54) is 13.3 Å². The van der Waals surface area contributed by atoms with Gasteiger partial charge in [0, 0.05) is 5.56 Å². The maximum atomic E-state index is 11.4. The molecule has 0 spiro atoms. The lowest BCUT2D eigenvalue weighted by Gasteiger charge is -2.16. The van der Waals surface area contributed by atoms with Crippen molar-refractivity contribution in [3.63, 3.8) is 0 Å². The molecule has 0 saturated heterocycles. The highest BCUT2D eigenvalue weighted by Gasteiger charge is 2.14. The van der Waals surface area contributed by atoms with Gasteiger partial charge in [-0.05, 0) is 31.0 Å². The monoisotopic (exact) mass is 359 g/mol. The van der Waals surface area contributed by atoms with Gasteiger partial charge in [-0.15, -0.1) is 6.58 Å². The van der Waals surface area contributed by atoms with Crippen LogP contribution in [-0.2, 0) is 20.7 Å². The number of methoxy groups -OCH3 is 1. The molecule has 26 heavy (non-hydrogen) atoms. The third-order valence-electron chi connectivity index (χ3n) is 3.02. The Kier molecular flexibility index (Phi) is 8.96. The molecule has 1 aromatic carbocycles. The van der Waals surface area contributed by atoms with Crippen LogP contribution >= 0.6 is 0 Å². The second-order valence-corrected chi connectivity index (χ2v) is 4.93. The van der Waals surface area contributed by atoms with E-state index in [-0.39, 0.29) is 13.0 Å². The van der Waals surface area contributed by atoms with Crippen LogP contribution in [0.15, 0.2) is 29.9 Å². The van der Waals surface area contributed by atoms with Crippen molar-refractivity contribution in [3.05, 3.63) is 35.9 Å². The molecule has 0 radical (unpaired) electrons. The number of hydrogen-bond acceptors (Lipinski definition) is 7. The van der Waals surface area contributed by atoms with Crippen molar-refractivity contribution in [3.8, 4) is 17.6 Å². The first kappa shape index (κ1) is 20.7. The summed E-state index contributed by atoms with van der Waals surface area (Å²) in [6.45, 7) is 5.67. The van der Waals surface area contributed by atoms with E-state index in [4.69, 9.17) is 14.7 Å². The average molecular weight is 359 g/mol. The van der Waals surface area contributed by atoms with Crippen LogP contribution in [0.25, 0.3) is 0 Å². The molecule has 8 nitrogen and oxygen atoms in total. The quantitative estimate of drug-likeness (QED) is 0.295. The minimum atomic E-state index is -0.511. The van der Waals surface area contributed by atoms with Gasteiger partial charge in [0.25, 0.3) is 5.91 Å². The minimum Gasteiger partial charge on any atom is -0.490 e. The van der Waals surface area contributed by atoms with E-state index in [1.807, 2.05) is 6.92 Å². The highest BCUT2D eigenvalue weighted by atomic mass is 16.6. The molecular formula is C18H21N3O5. The lowest BCUT2D eigenvalue weighted by Crippen LogP contribution is -2.16. The van der Waals surface area contributed by atoms with E-state index in [0.29, 0.717) is 30.1 Å². The molecule has 1 amide bonds. The second kappa shape index (κ2) is 11.3. The normalized spacial score (nSPS) is 10.0. The highest BCUT2D eigenvalue weighted by Crippen LogP contribution is 2.33. The van der Waals surface area contributed by atoms with E-state index >= 15 is 0 Å². The maximum absolute atomic E-state index is 11.4. The standard InChI is InChI=1S/C18H21N3O5/c1-4-6-14-9-13(11-20-21-16(22)7-8-19)10-15(25-5-2)18(14)26-12-17(23)24-3/h4,9-11H,1,5-7,12H2,2-3H3,(H,21,22)/b20-11+. The Morgan fingerprint density at radius 3 is 2.77 bits per heavy atom. The molecule has 0 aliphatic rings. The van der Waals surface area contributed by atoms with Crippen molar-refractivity contribution in [1.29, 1.82) is 5.26 Å². The molecule has 8 heteroatoms. The van der Waals surface area contributed by atoms with E-state index in [9.17, 15) is 9.59 Å². The van der Waals surface area contributed by atoms with Gasteiger partial charge in [-0.25, -0.2) is 10.2 Å². The predicted octanol–water partition coefficient (Wildman–Crippen LogP) is 1.73. The van der Waals surface area contributed by atoms with Crippen LogP contribution < -0.4 is 14.9 Å². The van der Waals surface area contributed by atoms with Gasteiger partial charge in [-0.2, -0.15) is 10.4 Å². The summed E-state index contributed by atoms with van der Waals surface area (Å²) in [6.07, 6.45) is 3.31. The molecule has 1 aromatic rings. The first-order valence-corrected chi connectivity index (χ1v) is 7.84. The number of nitrogens with zero attached hydrogens (tertiary/aromatic N) is 2. The number of nitriles is 1. The molecule has 0 unspecified atom stereocenters. The Hall–Kier alpha value is -3.34. The number of rotatable bonds is 10. The first-order valence-electron chi connectivity index (χ1n) is 7.84. The van der Waals surface area contributed by atoms with E-state index in [0.717, 1.165) is 5.56 Å². The van der Waals surface area contributed by atoms with Crippen LogP contribution in [-0.4, -0.2) is 38.4 Å². The SMILES string of the molecule is C=CCc1cc(/C=N/NC(=O)CC#N)cc(OCC)c1OCC(=O)OC. The Labute approximate surface area is 152 Å². The number of carbonyl (C=O) groups is 2. The number of allylic oxidation sites excluding steroid dienone is 1. The van der Waals surface area contributed by atoms with Crippen molar-refractivity contribution in [1.82, 2.24) is 5.43 Å². The number of nitrogens with one attached hydrogen (secondary N) is 1. The van der Waals surface area contributed by atoms with Gasteiger partial charge in [0.15, 0.2) is 18.1 Å². The Balaban J connectivity index is 3.11. The fraction of sp³-hybridized carbons (Fsp3) is 0.333. The number of benzene rings is 1. The maximum Gasteiger partial charge on any atom is 0.343 e. The van der Waals surface area contributed by atoms with Crippen LogP contribution in [0.5, 0.6) is 11.5 Å². The van der Waals surface area contributed by atoms with Crippen LogP contribution in [0.4, 0.5) is 0 Å². The van der Waals surface area contributed by atoms with Gasteiger partial charge in [0.2, 0.25) is 0 Å². The van der Waals surface area contributed by atoms with Crippen LogP contribution in [0.2, 0.25) is 0 Å². The Morgan fingerprint density at radius 1 is 1.38 bits per heavy atom. The molecular weight excluding hydrogens is 338 g/mol. The summed E-state index contributed by atoms with van der Waals surface area (Å²) in [6, 6.07) is 5.18. The molecule has 0 aliphatic carbocycles. The van der Waals surface area contributed by atoms with Gasteiger partial charge in [0.05, 0.1) is 26.0 Å². The van der Waals surface area contributed by atoms with Crippen molar-refractivity contribution in [2.24, 2.45) is 5.10 Å². The number of ether oxygens (including phenoxy) is 3. The fourth-order valence-electron chi connectivity index (χ4n) is 1.97. The summed E-state index contributed by atoms with van der Waals surface area (Å²) < 4.78 is 15.7. The van der Waals surface area contributed by atoms with Crippen LogP contribution in [0.3, 0.4) is 0 Å². The molecule has 1 N–H and O–H groups in total. The van der Waals surface area contributed by atoms with Crippen LogP contribution in [0, 0.1) is 11.3 Å². The lowest BCUT2D eigenvalue weighted by atomic mass is 10.1. The van der Waals surface area contributed by atoms with Crippen molar-refractivity contribution < 1.29 is 23.8 Å². The van der Waals surface area contributed by atoms with E-state index in [2.05, 4.69) is 21.8 Å². The highest BCUT2D eigenvalue weighted by molar-refractivity contribution is 5.84. The molecule has 138 valence electrons. The third kappa shape index (κ3) is 6.65.